The van der Waals surface area contributed by atoms with Crippen LogP contribution in [0.5, 0.6) is 0 Å². The number of para-hydroxylation sites is 1. The molecule has 2 aromatic rings. The number of ether oxygens (including phenoxy) is 1. The topological polar surface area (TPSA) is 76.5 Å². The fraction of sp³-hybridized carbons (Fsp3) is 0.591. The predicted molar refractivity (Wildman–Crippen MR) is 128 cm³/mol. The highest BCUT2D eigenvalue weighted by Crippen LogP contribution is 2.26. The maximum absolute atomic E-state index is 12.9. The lowest BCUT2D eigenvalue weighted by Crippen LogP contribution is -2.45. The summed E-state index contributed by atoms with van der Waals surface area (Å²) in [5.41, 5.74) is 1.44. The number of nitrogens with zero attached hydrogens (tertiary/aromatic N) is 3. The minimum Gasteiger partial charge on any atom is -0.461 e. The van der Waals surface area contributed by atoms with Crippen LogP contribution in [0.2, 0.25) is 0 Å². The summed E-state index contributed by atoms with van der Waals surface area (Å²) >= 11 is 16.7. The van der Waals surface area contributed by atoms with Crippen LogP contribution >= 0.6 is 34.8 Å². The van der Waals surface area contributed by atoms with Gasteiger partial charge >= 0.3 is 5.97 Å². The van der Waals surface area contributed by atoms with E-state index in [0.29, 0.717) is 12.1 Å². The molecule has 1 amide bonds. The Bertz CT molecular complexity index is 934. The molecule has 0 bridgehead atoms. The Kier molecular flexibility index (Phi) is 8.67. The van der Waals surface area contributed by atoms with Crippen molar-refractivity contribution in [3.8, 4) is 0 Å². The van der Waals surface area contributed by atoms with Gasteiger partial charge in [-0.25, -0.2) is 0 Å². The van der Waals surface area contributed by atoms with E-state index in [9.17, 15) is 9.59 Å². The lowest BCUT2D eigenvalue weighted by atomic mass is 10.0. The van der Waals surface area contributed by atoms with Crippen molar-refractivity contribution in [3.05, 3.63) is 30.0 Å². The summed E-state index contributed by atoms with van der Waals surface area (Å²) < 4.78 is 5.25. The number of nitrogens with one attached hydrogen (secondary N) is 1. The van der Waals surface area contributed by atoms with Crippen molar-refractivity contribution >= 4 is 57.6 Å². The zero-order valence-electron chi connectivity index (χ0n) is 18.3. The Labute approximate surface area is 203 Å². The largest absolute Gasteiger partial charge is 0.461 e. The molecule has 1 aliphatic rings. The van der Waals surface area contributed by atoms with Gasteiger partial charge in [-0.1, -0.05) is 53.0 Å². The van der Waals surface area contributed by atoms with Crippen LogP contribution in [0.15, 0.2) is 24.3 Å². The molecule has 1 aromatic heterocycles. The summed E-state index contributed by atoms with van der Waals surface area (Å²) in [5.74, 6) is -0.498. The molecule has 10 heteroatoms. The molecular formula is C22H29Cl3N4O3. The van der Waals surface area contributed by atoms with Crippen molar-refractivity contribution in [2.24, 2.45) is 0 Å². The first kappa shape index (κ1) is 25.1. The molecule has 0 atom stereocenters. The highest BCUT2D eigenvalue weighted by Gasteiger charge is 2.25. The first-order valence-electron chi connectivity index (χ1n) is 10.9. The minimum atomic E-state index is -1.58. The molecule has 0 saturated carbocycles. The first-order valence-corrected chi connectivity index (χ1v) is 12.0. The van der Waals surface area contributed by atoms with Gasteiger partial charge in [-0.05, 0) is 45.7 Å². The molecule has 176 valence electrons. The van der Waals surface area contributed by atoms with Gasteiger partial charge in [-0.3, -0.25) is 14.3 Å². The van der Waals surface area contributed by atoms with Crippen LogP contribution in [-0.2, 0) is 9.53 Å². The SMILES string of the molecule is CC(C)n1nc(C(=O)NC2CCN(CCCC(=O)OCC(Cl)(Cl)Cl)CC2)c2ccccc21. The van der Waals surface area contributed by atoms with E-state index in [1.165, 1.54) is 0 Å². The molecule has 1 fully saturated rings. The smallest absolute Gasteiger partial charge is 0.305 e. The number of likely N-dealkylation sites (tertiary alicyclic amines) is 1. The van der Waals surface area contributed by atoms with Gasteiger partial charge in [0.15, 0.2) is 5.69 Å². The zero-order valence-corrected chi connectivity index (χ0v) is 20.6. The zero-order chi connectivity index (χ0) is 23.3. The lowest BCUT2D eigenvalue weighted by molar-refractivity contribution is -0.143. The van der Waals surface area contributed by atoms with Crippen molar-refractivity contribution in [1.82, 2.24) is 20.0 Å². The Morgan fingerprint density at radius 3 is 2.56 bits per heavy atom. The summed E-state index contributed by atoms with van der Waals surface area (Å²) in [6, 6.07) is 8.10. The quantitative estimate of drug-likeness (QED) is 0.424. The normalized spacial score (nSPS) is 15.9. The summed E-state index contributed by atoms with van der Waals surface area (Å²) in [7, 11) is 0. The average molecular weight is 504 g/mol. The minimum absolute atomic E-state index is 0.107. The van der Waals surface area contributed by atoms with Gasteiger partial charge in [0.1, 0.15) is 6.61 Å². The molecule has 0 radical (unpaired) electrons. The maximum Gasteiger partial charge on any atom is 0.305 e. The number of esters is 1. The molecule has 32 heavy (non-hydrogen) atoms. The van der Waals surface area contributed by atoms with Crippen molar-refractivity contribution in [2.75, 3.05) is 26.2 Å². The second kappa shape index (κ2) is 11.1. The number of hydrogen-bond donors (Lipinski definition) is 1. The highest BCUT2D eigenvalue weighted by molar-refractivity contribution is 6.67. The molecule has 1 N–H and O–H groups in total. The van der Waals surface area contributed by atoms with Gasteiger partial charge < -0.3 is 15.0 Å². The van der Waals surface area contributed by atoms with E-state index in [-0.39, 0.29) is 37.0 Å². The number of amides is 1. The third kappa shape index (κ3) is 6.98. The molecule has 7 nitrogen and oxygen atoms in total. The van der Waals surface area contributed by atoms with Crippen molar-refractivity contribution in [3.63, 3.8) is 0 Å². The number of benzene rings is 1. The summed E-state index contributed by atoms with van der Waals surface area (Å²) in [6.45, 7) is 6.36. The molecule has 1 saturated heterocycles. The van der Waals surface area contributed by atoms with E-state index in [4.69, 9.17) is 39.5 Å². The van der Waals surface area contributed by atoms with Gasteiger partial charge in [-0.15, -0.1) is 0 Å². The third-order valence-corrected chi connectivity index (χ3v) is 5.82. The van der Waals surface area contributed by atoms with E-state index in [2.05, 4.69) is 29.2 Å². The second-order valence-electron chi connectivity index (χ2n) is 8.37. The molecule has 1 aromatic carbocycles. The predicted octanol–water partition coefficient (Wildman–Crippen LogP) is 4.51. The Balaban J connectivity index is 1.44. The number of alkyl halides is 3. The molecule has 0 spiro atoms. The van der Waals surface area contributed by atoms with E-state index < -0.39 is 3.79 Å². The molecule has 2 heterocycles. The van der Waals surface area contributed by atoms with Gasteiger partial charge in [0.05, 0.1) is 5.52 Å². The van der Waals surface area contributed by atoms with Crippen molar-refractivity contribution < 1.29 is 14.3 Å². The Hall–Kier alpha value is -1.54. The number of aromatic nitrogens is 2. The number of carbonyl (C=O) groups is 2. The molecular weight excluding hydrogens is 475 g/mol. The number of rotatable bonds is 8. The number of fused-ring (bicyclic) bond motifs is 1. The molecule has 3 rings (SSSR count). The summed E-state index contributed by atoms with van der Waals surface area (Å²) in [5, 5.41) is 8.61. The van der Waals surface area contributed by atoms with Gasteiger partial charge in [-0.2, -0.15) is 5.10 Å². The van der Waals surface area contributed by atoms with E-state index >= 15 is 0 Å². The average Bonchev–Trinajstić information content (AvgIpc) is 3.13. The maximum atomic E-state index is 12.9. The van der Waals surface area contributed by atoms with E-state index in [1.54, 1.807) is 0 Å². The van der Waals surface area contributed by atoms with Crippen molar-refractivity contribution in [1.29, 1.82) is 0 Å². The van der Waals surface area contributed by atoms with E-state index in [1.807, 2.05) is 28.9 Å². The number of piperidine rings is 1. The molecule has 0 aliphatic carbocycles. The summed E-state index contributed by atoms with van der Waals surface area (Å²) in [4.78, 5) is 26.9. The van der Waals surface area contributed by atoms with E-state index in [0.717, 1.165) is 43.4 Å². The summed E-state index contributed by atoms with van der Waals surface area (Å²) in [6.07, 6.45) is 2.66. The first-order chi connectivity index (χ1) is 15.1. The van der Waals surface area contributed by atoms with Crippen LogP contribution < -0.4 is 5.32 Å². The molecule has 1 aliphatic heterocycles. The Morgan fingerprint density at radius 2 is 1.91 bits per heavy atom. The number of carbonyl (C=O) groups excluding carboxylic acids is 2. The fourth-order valence-electron chi connectivity index (χ4n) is 3.89. The monoisotopic (exact) mass is 502 g/mol. The van der Waals surface area contributed by atoms with Crippen LogP contribution in [0, 0.1) is 0 Å². The number of hydrogen-bond acceptors (Lipinski definition) is 5. The molecule has 0 unspecified atom stereocenters. The van der Waals surface area contributed by atoms with Crippen LogP contribution in [0.1, 0.15) is 56.1 Å². The third-order valence-electron chi connectivity index (χ3n) is 5.49. The number of halogens is 3. The van der Waals surface area contributed by atoms with Crippen molar-refractivity contribution in [2.45, 2.75) is 55.4 Å². The van der Waals surface area contributed by atoms with Gasteiger partial charge in [0.25, 0.3) is 5.91 Å². The van der Waals surface area contributed by atoms with Gasteiger partial charge in [0.2, 0.25) is 3.79 Å². The Morgan fingerprint density at radius 1 is 1.22 bits per heavy atom. The highest BCUT2D eigenvalue weighted by atomic mass is 35.6. The standard InChI is InChI=1S/C22H29Cl3N4O3/c1-15(2)29-18-7-4-3-6-17(18)20(27-29)21(31)26-16-9-12-28(13-10-16)11-5-8-19(30)32-14-22(23,24)25/h3-4,6-7,15-16H,5,8-14H2,1-2H3,(H,26,31). The van der Waals surface area contributed by atoms with Crippen LogP contribution in [0.25, 0.3) is 10.9 Å². The fourth-order valence-corrected chi connectivity index (χ4v) is 4.05. The van der Waals surface area contributed by atoms with Crippen LogP contribution in [0.4, 0.5) is 0 Å². The van der Waals surface area contributed by atoms with Gasteiger partial charge in [0, 0.05) is 37.0 Å². The van der Waals surface area contributed by atoms with Crippen LogP contribution in [0.3, 0.4) is 0 Å². The lowest BCUT2D eigenvalue weighted by Gasteiger charge is -2.32. The second-order valence-corrected chi connectivity index (χ2v) is 10.9. The van der Waals surface area contributed by atoms with Crippen LogP contribution in [-0.4, -0.2) is 62.6 Å².